The minimum Gasteiger partial charge on any atom is -0.480 e. The molecule has 1 aliphatic heterocycles. The van der Waals surface area contributed by atoms with Gasteiger partial charge in [-0.2, -0.15) is 17.5 Å². The van der Waals surface area contributed by atoms with E-state index in [2.05, 4.69) is 0 Å². The fraction of sp³-hybridized carbons (Fsp3) is 0.355. The molecule has 0 atom stereocenters. The number of aromatic nitrogens is 2. The summed E-state index contributed by atoms with van der Waals surface area (Å²) in [7, 11) is -5.52. The van der Waals surface area contributed by atoms with E-state index in [9.17, 15) is 36.6 Å². The van der Waals surface area contributed by atoms with E-state index >= 15 is 0 Å². The zero-order valence-electron chi connectivity index (χ0n) is 23.6. The van der Waals surface area contributed by atoms with Crippen LogP contribution < -0.4 is 0 Å². The standard InChI is InChI=1S/C31H28Cl2F3N3O5S/c32-23-8-3-20(4-9-23)30(28(40)41,21-5-10-24(33)11-6-21)22-7-12-25-26(17-22)39(27(37-25)19-1-2-19)18-29(42)13-15-38(16-14-29)45(43,44)31(34,35)36/h3-12,17,19,42H,1-2,13-16,18H2,(H,40,41). The Balaban J connectivity index is 1.46. The van der Waals surface area contributed by atoms with Crippen LogP contribution in [0.4, 0.5) is 13.2 Å². The molecule has 0 bridgehead atoms. The van der Waals surface area contributed by atoms with Crippen molar-refractivity contribution in [3.63, 3.8) is 0 Å². The molecular formula is C31H28Cl2F3N3O5S. The van der Waals surface area contributed by atoms with Crippen molar-refractivity contribution in [2.24, 2.45) is 0 Å². The van der Waals surface area contributed by atoms with E-state index in [-0.39, 0.29) is 25.3 Å². The topological polar surface area (TPSA) is 113 Å². The zero-order chi connectivity index (χ0) is 32.4. The number of carboxylic acid groups (broad SMARTS) is 1. The van der Waals surface area contributed by atoms with Gasteiger partial charge in [-0.25, -0.2) is 13.4 Å². The first-order valence-electron chi connectivity index (χ1n) is 14.2. The van der Waals surface area contributed by atoms with Crippen LogP contribution in [0.25, 0.3) is 11.0 Å². The van der Waals surface area contributed by atoms with Crippen LogP contribution in [-0.2, 0) is 26.8 Å². The Morgan fingerprint density at radius 1 is 0.911 bits per heavy atom. The van der Waals surface area contributed by atoms with Gasteiger partial charge in [-0.3, -0.25) is 4.79 Å². The molecule has 238 valence electrons. The molecule has 1 aromatic heterocycles. The molecule has 14 heteroatoms. The number of aliphatic hydroxyl groups is 1. The molecule has 8 nitrogen and oxygen atoms in total. The fourth-order valence-electron chi connectivity index (χ4n) is 6.21. The normalized spacial score (nSPS) is 17.9. The highest BCUT2D eigenvalue weighted by Crippen LogP contribution is 2.45. The average Bonchev–Trinajstić information content (AvgIpc) is 3.77. The summed E-state index contributed by atoms with van der Waals surface area (Å²) in [4.78, 5) is 18.2. The third-order valence-corrected chi connectivity index (χ3v) is 10.9. The van der Waals surface area contributed by atoms with Gasteiger partial charge in [0.1, 0.15) is 11.2 Å². The number of carboxylic acids is 1. The lowest BCUT2D eigenvalue weighted by molar-refractivity contribution is -0.140. The molecule has 1 saturated carbocycles. The van der Waals surface area contributed by atoms with Gasteiger partial charge < -0.3 is 14.8 Å². The van der Waals surface area contributed by atoms with Crippen LogP contribution >= 0.6 is 23.2 Å². The monoisotopic (exact) mass is 681 g/mol. The minimum atomic E-state index is -5.52. The van der Waals surface area contributed by atoms with Crippen molar-refractivity contribution in [1.82, 2.24) is 13.9 Å². The number of nitrogens with zero attached hydrogens (tertiary/aromatic N) is 3. The van der Waals surface area contributed by atoms with Crippen molar-refractivity contribution in [3.8, 4) is 0 Å². The average molecular weight is 683 g/mol. The van der Waals surface area contributed by atoms with E-state index in [4.69, 9.17) is 28.2 Å². The minimum absolute atomic E-state index is 0.0549. The maximum absolute atomic E-state index is 13.4. The molecule has 0 amide bonds. The molecular weight excluding hydrogens is 654 g/mol. The molecule has 0 spiro atoms. The Morgan fingerprint density at radius 3 is 1.89 bits per heavy atom. The van der Waals surface area contributed by atoms with E-state index in [1.807, 2.05) is 0 Å². The fourth-order valence-corrected chi connectivity index (χ4v) is 7.41. The van der Waals surface area contributed by atoms with Crippen molar-refractivity contribution in [1.29, 1.82) is 0 Å². The highest BCUT2D eigenvalue weighted by molar-refractivity contribution is 7.90. The summed E-state index contributed by atoms with van der Waals surface area (Å²) in [6.07, 6.45) is 1.28. The molecule has 6 rings (SSSR count). The lowest BCUT2D eigenvalue weighted by Crippen LogP contribution is -2.51. The van der Waals surface area contributed by atoms with Crippen LogP contribution in [0.5, 0.6) is 0 Å². The quantitative estimate of drug-likeness (QED) is 0.211. The molecule has 2 heterocycles. The Kier molecular flexibility index (Phi) is 7.97. The first-order chi connectivity index (χ1) is 21.2. The van der Waals surface area contributed by atoms with Crippen molar-refractivity contribution < 1.29 is 36.6 Å². The number of fused-ring (bicyclic) bond motifs is 1. The van der Waals surface area contributed by atoms with Crippen LogP contribution in [0, 0.1) is 0 Å². The summed E-state index contributed by atoms with van der Waals surface area (Å²) in [5.41, 5.74) is -6.28. The third-order valence-electron chi connectivity index (χ3n) is 8.77. The Hall–Kier alpha value is -3.16. The number of halogens is 5. The smallest absolute Gasteiger partial charge is 0.480 e. The zero-order valence-corrected chi connectivity index (χ0v) is 26.0. The second kappa shape index (κ2) is 11.3. The maximum Gasteiger partial charge on any atom is 0.511 e. The molecule has 3 aromatic carbocycles. The molecule has 1 aliphatic carbocycles. The molecule has 45 heavy (non-hydrogen) atoms. The summed E-state index contributed by atoms with van der Waals surface area (Å²) in [5.74, 6) is -0.372. The number of carbonyl (C=O) groups is 1. The summed E-state index contributed by atoms with van der Waals surface area (Å²) in [6.45, 7) is -1.05. The largest absolute Gasteiger partial charge is 0.511 e. The third kappa shape index (κ3) is 5.61. The maximum atomic E-state index is 13.4. The number of aliphatic carboxylic acids is 1. The van der Waals surface area contributed by atoms with Gasteiger partial charge in [-0.05, 0) is 78.8 Å². The Bertz CT molecular complexity index is 1820. The lowest BCUT2D eigenvalue weighted by Gasteiger charge is -2.38. The van der Waals surface area contributed by atoms with Gasteiger partial charge in [0.2, 0.25) is 0 Å². The van der Waals surface area contributed by atoms with Gasteiger partial charge in [0.05, 0.1) is 23.2 Å². The van der Waals surface area contributed by atoms with Crippen molar-refractivity contribution in [2.45, 2.75) is 54.7 Å². The van der Waals surface area contributed by atoms with E-state index in [0.29, 0.717) is 47.9 Å². The van der Waals surface area contributed by atoms with Gasteiger partial charge in [-0.15, -0.1) is 0 Å². The molecule has 4 aromatic rings. The highest BCUT2D eigenvalue weighted by Gasteiger charge is 2.52. The van der Waals surface area contributed by atoms with Crippen LogP contribution in [-0.4, -0.2) is 62.7 Å². The van der Waals surface area contributed by atoms with Gasteiger partial charge in [0, 0.05) is 29.1 Å². The van der Waals surface area contributed by atoms with E-state index in [0.717, 1.165) is 12.8 Å². The molecule has 0 unspecified atom stereocenters. The number of benzene rings is 3. The second-order valence-corrected chi connectivity index (χ2v) is 14.5. The lowest BCUT2D eigenvalue weighted by atomic mass is 9.69. The highest BCUT2D eigenvalue weighted by atomic mass is 35.5. The van der Waals surface area contributed by atoms with Crippen molar-refractivity contribution in [3.05, 3.63) is 99.3 Å². The molecule has 2 aliphatic rings. The predicted octanol–water partition coefficient (Wildman–Crippen LogP) is 6.32. The van der Waals surface area contributed by atoms with Gasteiger partial charge >= 0.3 is 21.5 Å². The van der Waals surface area contributed by atoms with E-state index in [1.165, 1.54) is 0 Å². The van der Waals surface area contributed by atoms with Crippen LogP contribution in [0.1, 0.15) is 54.1 Å². The summed E-state index contributed by atoms with van der Waals surface area (Å²) < 4.78 is 65.5. The van der Waals surface area contributed by atoms with Crippen LogP contribution in [0.15, 0.2) is 66.7 Å². The Morgan fingerprint density at radius 2 is 1.42 bits per heavy atom. The Labute approximate surface area is 267 Å². The molecule has 2 fully saturated rings. The first kappa shape index (κ1) is 31.8. The summed E-state index contributed by atoms with van der Waals surface area (Å²) >= 11 is 12.3. The summed E-state index contributed by atoms with van der Waals surface area (Å²) in [6, 6.07) is 18.2. The number of hydrogen-bond donors (Lipinski definition) is 2. The van der Waals surface area contributed by atoms with E-state index < -0.39 is 45.6 Å². The van der Waals surface area contributed by atoms with Gasteiger partial charge in [0.15, 0.2) is 0 Å². The molecule has 1 saturated heterocycles. The molecule has 2 N–H and O–H groups in total. The van der Waals surface area contributed by atoms with Crippen LogP contribution in [0.3, 0.4) is 0 Å². The number of imidazole rings is 1. The number of rotatable bonds is 8. The van der Waals surface area contributed by atoms with Gasteiger partial charge in [0.25, 0.3) is 0 Å². The molecule has 0 radical (unpaired) electrons. The van der Waals surface area contributed by atoms with E-state index in [1.54, 1.807) is 71.3 Å². The number of alkyl halides is 3. The van der Waals surface area contributed by atoms with Crippen LogP contribution in [0.2, 0.25) is 10.0 Å². The van der Waals surface area contributed by atoms with Crippen molar-refractivity contribution in [2.75, 3.05) is 13.1 Å². The van der Waals surface area contributed by atoms with Crippen molar-refractivity contribution >= 4 is 50.2 Å². The van der Waals surface area contributed by atoms with Gasteiger partial charge in [-0.1, -0.05) is 53.5 Å². The summed E-state index contributed by atoms with van der Waals surface area (Å²) in [5, 5.41) is 23.4. The number of sulfonamides is 1. The second-order valence-electron chi connectivity index (χ2n) is 11.7. The number of piperidine rings is 1. The SMILES string of the molecule is O=C(O)C(c1ccc(Cl)cc1)(c1ccc(Cl)cc1)c1ccc2nc(C3CC3)n(CC3(O)CCN(S(=O)(=O)C(F)(F)F)CC3)c2c1. The number of hydrogen-bond acceptors (Lipinski definition) is 5. The predicted molar refractivity (Wildman–Crippen MR) is 163 cm³/mol. The first-order valence-corrected chi connectivity index (χ1v) is 16.4.